The molecule has 0 N–H and O–H groups in total. The molecule has 0 spiro atoms. The Morgan fingerprint density at radius 3 is 1.22 bits per heavy atom. The minimum absolute atomic E-state index is 0.0988. The summed E-state index contributed by atoms with van der Waals surface area (Å²) in [4.78, 5) is 0. The monoisotopic (exact) mass is 360 g/mol. The molecule has 0 aliphatic heterocycles. The van der Waals surface area contributed by atoms with Gasteiger partial charge in [0, 0.05) is 0 Å². The minimum Gasteiger partial charge on any atom is -0.240 e. The summed E-state index contributed by atoms with van der Waals surface area (Å²) < 4.78 is 83.8. The normalized spacial score (nSPS) is 27.2. The maximum atomic E-state index is 12.0. The molecule has 0 amide bonds. The Balaban J connectivity index is 0.000000411. The number of alkyl halides is 7. The molecule has 1 atom stereocenters. The van der Waals surface area contributed by atoms with Gasteiger partial charge in [-0.15, -0.1) is 0 Å². The third-order valence-electron chi connectivity index (χ3n) is 1.85. The third-order valence-corrected chi connectivity index (χ3v) is 2.99. The Morgan fingerprint density at radius 2 is 1.17 bits per heavy atom. The lowest BCUT2D eigenvalue weighted by atomic mass is 10.2. The molecule has 108 valence electrons. The highest BCUT2D eigenvalue weighted by atomic mass is 35.5. The molecule has 18 heavy (non-hydrogen) atoms. The third kappa shape index (κ3) is 3.49. The molecule has 0 saturated heterocycles. The average molecular weight is 362 g/mol. The molecule has 0 heterocycles. The van der Waals surface area contributed by atoms with Crippen molar-refractivity contribution in [1.29, 1.82) is 0 Å². The number of halogens is 11. The molecule has 0 aromatic heterocycles. The quantitative estimate of drug-likeness (QED) is 0.485. The Labute approximate surface area is 117 Å². The minimum atomic E-state index is -5.58. The van der Waals surface area contributed by atoms with E-state index in [2.05, 4.69) is 0 Å². The van der Waals surface area contributed by atoms with E-state index in [0.29, 0.717) is 0 Å². The Morgan fingerprint density at radius 1 is 0.833 bits per heavy atom. The van der Waals surface area contributed by atoms with Gasteiger partial charge in [0.1, 0.15) is 8.98 Å². The lowest BCUT2D eigenvalue weighted by Gasteiger charge is -2.22. The highest BCUT2D eigenvalue weighted by Crippen LogP contribution is 2.57. The van der Waals surface area contributed by atoms with Crippen LogP contribution in [0, 0.1) is 0 Å². The summed E-state index contributed by atoms with van der Waals surface area (Å²) in [7, 11) is 0. The highest BCUT2D eigenvalue weighted by molar-refractivity contribution is 6.67. The lowest BCUT2D eigenvalue weighted by molar-refractivity contribution is -0.277. The summed E-state index contributed by atoms with van der Waals surface area (Å²) in [5, 5.41) is 0. The predicted octanol–water partition coefficient (Wildman–Crippen LogP) is 5.70. The van der Waals surface area contributed by atoms with E-state index in [1.54, 1.807) is 0 Å². The molecule has 0 nitrogen and oxygen atoms in total. The molecule has 1 aliphatic carbocycles. The maximum absolute atomic E-state index is 12.0. The van der Waals surface area contributed by atoms with Crippen molar-refractivity contribution in [3.8, 4) is 0 Å². The van der Waals surface area contributed by atoms with E-state index >= 15 is 0 Å². The topological polar surface area (TPSA) is 0 Å². The summed E-state index contributed by atoms with van der Waals surface area (Å²) in [6.07, 6.45) is -5.62. The van der Waals surface area contributed by atoms with Crippen molar-refractivity contribution in [2.75, 3.05) is 0 Å². The van der Waals surface area contributed by atoms with Crippen molar-refractivity contribution in [3.63, 3.8) is 0 Å². The van der Waals surface area contributed by atoms with Gasteiger partial charge in [-0.1, -0.05) is 46.4 Å². The molecule has 1 fully saturated rings. The molecular weight excluding hydrogens is 359 g/mol. The van der Waals surface area contributed by atoms with E-state index in [1.807, 2.05) is 0 Å². The Hall–Kier alpha value is 0.410. The molecule has 1 rings (SSSR count). The number of rotatable bonds is 0. The average Bonchev–Trinajstić information content (AvgIpc) is 2.25. The first kappa shape index (κ1) is 18.4. The second-order valence-corrected chi connectivity index (χ2v) is 4.99. The molecule has 1 unspecified atom stereocenters. The molecule has 0 aromatic carbocycles. The van der Waals surface area contributed by atoms with E-state index in [-0.39, 0.29) is 8.98 Å². The van der Waals surface area contributed by atoms with Crippen molar-refractivity contribution in [2.24, 2.45) is 0 Å². The summed E-state index contributed by atoms with van der Waals surface area (Å²) in [5.74, 6) is -15.8. The standard InChI is InChI=1S/C5H3F7.C2Cl4/c6-2-1-3(7,8)5(11,12)4(2,9)10;3-1(4)2(5)6/h2H,1H2;. The van der Waals surface area contributed by atoms with E-state index in [4.69, 9.17) is 46.4 Å². The van der Waals surface area contributed by atoms with Crippen LogP contribution in [0.4, 0.5) is 30.7 Å². The summed E-state index contributed by atoms with van der Waals surface area (Å²) in [6, 6.07) is 0. The fraction of sp³-hybridized carbons (Fsp3) is 0.714. The highest BCUT2D eigenvalue weighted by Gasteiger charge is 2.81. The molecule has 0 radical (unpaired) electrons. The van der Waals surface area contributed by atoms with Gasteiger partial charge in [0.05, 0.1) is 6.42 Å². The summed E-state index contributed by atoms with van der Waals surface area (Å²) in [6.45, 7) is 0. The van der Waals surface area contributed by atoms with Gasteiger partial charge < -0.3 is 0 Å². The van der Waals surface area contributed by atoms with Gasteiger partial charge in [0.15, 0.2) is 6.17 Å². The van der Waals surface area contributed by atoms with Crippen LogP contribution in [0.5, 0.6) is 0 Å². The summed E-state index contributed by atoms with van der Waals surface area (Å²) >= 11 is 20.0. The van der Waals surface area contributed by atoms with Crippen LogP contribution in [0.2, 0.25) is 0 Å². The number of hydrogen-bond donors (Lipinski definition) is 0. The molecular formula is C7H3Cl4F7. The van der Waals surface area contributed by atoms with Gasteiger partial charge in [0.25, 0.3) is 0 Å². The van der Waals surface area contributed by atoms with Crippen LogP contribution in [0.15, 0.2) is 8.98 Å². The van der Waals surface area contributed by atoms with E-state index < -0.39 is 30.4 Å². The van der Waals surface area contributed by atoms with Crippen molar-refractivity contribution >= 4 is 46.4 Å². The number of hydrogen-bond acceptors (Lipinski definition) is 0. The van der Waals surface area contributed by atoms with Crippen LogP contribution in [0.3, 0.4) is 0 Å². The maximum Gasteiger partial charge on any atom is 0.375 e. The summed E-state index contributed by atoms with van der Waals surface area (Å²) in [5.41, 5.74) is 0. The first-order valence-corrected chi connectivity index (χ1v) is 5.42. The SMILES string of the molecule is ClC(Cl)=C(Cl)Cl.FC1CC(F)(F)C(F)(F)C1(F)F. The van der Waals surface area contributed by atoms with Gasteiger partial charge >= 0.3 is 17.8 Å². The fourth-order valence-corrected chi connectivity index (χ4v) is 0.922. The van der Waals surface area contributed by atoms with Crippen LogP contribution < -0.4 is 0 Å². The van der Waals surface area contributed by atoms with Crippen LogP contribution in [-0.2, 0) is 0 Å². The van der Waals surface area contributed by atoms with Crippen molar-refractivity contribution in [2.45, 2.75) is 30.4 Å². The first-order valence-electron chi connectivity index (χ1n) is 3.91. The zero-order chi connectivity index (χ0) is 14.9. The predicted molar refractivity (Wildman–Crippen MR) is 54.8 cm³/mol. The first-order chi connectivity index (χ1) is 7.77. The fourth-order valence-electron chi connectivity index (χ4n) is 0.922. The van der Waals surface area contributed by atoms with E-state index in [9.17, 15) is 30.7 Å². The van der Waals surface area contributed by atoms with E-state index in [0.717, 1.165) is 0 Å². The largest absolute Gasteiger partial charge is 0.375 e. The molecule has 11 heteroatoms. The van der Waals surface area contributed by atoms with Gasteiger partial charge in [-0.3, -0.25) is 0 Å². The molecule has 0 aromatic rings. The Kier molecular flexibility index (Phi) is 5.94. The van der Waals surface area contributed by atoms with Crippen LogP contribution in [-0.4, -0.2) is 23.9 Å². The van der Waals surface area contributed by atoms with Crippen molar-refractivity contribution in [3.05, 3.63) is 8.98 Å². The van der Waals surface area contributed by atoms with Gasteiger partial charge in [-0.2, -0.15) is 26.3 Å². The van der Waals surface area contributed by atoms with Gasteiger partial charge in [-0.25, -0.2) is 4.39 Å². The molecule has 1 saturated carbocycles. The van der Waals surface area contributed by atoms with Crippen LogP contribution in [0.25, 0.3) is 0 Å². The van der Waals surface area contributed by atoms with E-state index in [1.165, 1.54) is 0 Å². The van der Waals surface area contributed by atoms with Gasteiger partial charge in [-0.05, 0) is 0 Å². The van der Waals surface area contributed by atoms with Crippen LogP contribution in [0.1, 0.15) is 6.42 Å². The Bertz CT molecular complexity index is 323. The van der Waals surface area contributed by atoms with Crippen LogP contribution >= 0.6 is 46.4 Å². The van der Waals surface area contributed by atoms with Crippen molar-refractivity contribution < 1.29 is 30.7 Å². The lowest BCUT2D eigenvalue weighted by Crippen LogP contribution is -2.48. The van der Waals surface area contributed by atoms with Gasteiger partial charge in [0.2, 0.25) is 0 Å². The second kappa shape index (κ2) is 5.81. The molecule has 1 aliphatic rings. The zero-order valence-corrected chi connectivity index (χ0v) is 11.0. The van der Waals surface area contributed by atoms with Crippen molar-refractivity contribution in [1.82, 2.24) is 0 Å². The zero-order valence-electron chi connectivity index (χ0n) is 7.94. The smallest absolute Gasteiger partial charge is 0.240 e. The molecule has 0 bridgehead atoms. The second-order valence-electron chi connectivity index (χ2n) is 3.09.